The van der Waals surface area contributed by atoms with E-state index >= 15 is 0 Å². The largest absolute Gasteiger partial charge is 0.282 e. The van der Waals surface area contributed by atoms with Gasteiger partial charge in [0, 0.05) is 6.07 Å². The lowest BCUT2D eigenvalue weighted by Crippen LogP contribution is -2.29. The molecule has 0 saturated carbocycles. The maximum absolute atomic E-state index is 12.3. The van der Waals surface area contributed by atoms with Crippen molar-refractivity contribution in [1.82, 2.24) is 15.1 Å². The fraction of sp³-hybridized carbons (Fsp3) is 0.0909. The Labute approximate surface area is 126 Å². The summed E-state index contributed by atoms with van der Waals surface area (Å²) in [5, 5.41) is 18.6. The summed E-state index contributed by atoms with van der Waals surface area (Å²) in [6.07, 6.45) is 0. The molecule has 0 spiro atoms. The minimum absolute atomic E-state index is 0.0183. The van der Waals surface area contributed by atoms with Crippen LogP contribution in [0.3, 0.4) is 0 Å². The summed E-state index contributed by atoms with van der Waals surface area (Å²) in [5.74, 6) is -1.31. The molecule has 0 bridgehead atoms. The van der Waals surface area contributed by atoms with Crippen molar-refractivity contribution in [1.29, 1.82) is 0 Å². The molecule has 1 aliphatic rings. The van der Waals surface area contributed by atoms with Crippen LogP contribution in [0.2, 0.25) is 4.47 Å². The number of nitro benzene ring substituents is 1. The normalized spacial score (nSPS) is 13.7. The van der Waals surface area contributed by atoms with Crippen LogP contribution in [0, 0.1) is 10.1 Å². The molecular weight excluding hydrogens is 320 g/mol. The summed E-state index contributed by atoms with van der Waals surface area (Å²) in [6.45, 7) is -0.117. The monoisotopic (exact) mass is 324 g/mol. The van der Waals surface area contributed by atoms with Crippen LogP contribution >= 0.6 is 22.9 Å². The van der Waals surface area contributed by atoms with E-state index in [9.17, 15) is 19.7 Å². The SMILES string of the molecule is O=C1c2cccc([N+](=O)[O-])c2C(=O)N1Cc1nnc(Cl)s1. The molecule has 10 heteroatoms. The molecule has 3 rings (SSSR count). The molecule has 0 unspecified atom stereocenters. The fourth-order valence-electron chi connectivity index (χ4n) is 2.04. The molecule has 0 N–H and O–H groups in total. The molecule has 1 aromatic heterocycles. The first-order valence-electron chi connectivity index (χ1n) is 5.60. The summed E-state index contributed by atoms with van der Waals surface area (Å²) in [7, 11) is 0. The second kappa shape index (κ2) is 4.86. The first-order chi connectivity index (χ1) is 9.99. The van der Waals surface area contributed by atoms with E-state index in [1.54, 1.807) is 0 Å². The highest BCUT2D eigenvalue weighted by molar-refractivity contribution is 7.15. The van der Waals surface area contributed by atoms with Gasteiger partial charge in [0.15, 0.2) is 0 Å². The van der Waals surface area contributed by atoms with E-state index in [-0.39, 0.29) is 27.8 Å². The molecule has 0 atom stereocenters. The van der Waals surface area contributed by atoms with Crippen molar-refractivity contribution in [3.8, 4) is 0 Å². The highest BCUT2D eigenvalue weighted by Crippen LogP contribution is 2.32. The molecule has 1 aliphatic heterocycles. The molecular formula is C11H5ClN4O4S. The number of carbonyl (C=O) groups excluding carboxylic acids is 2. The number of imide groups is 1. The average molecular weight is 325 g/mol. The molecule has 21 heavy (non-hydrogen) atoms. The van der Waals surface area contributed by atoms with Gasteiger partial charge in [-0.3, -0.25) is 24.6 Å². The van der Waals surface area contributed by atoms with Crippen LogP contribution in [0.5, 0.6) is 0 Å². The molecule has 0 fully saturated rings. The van der Waals surface area contributed by atoms with Gasteiger partial charge in [0.2, 0.25) is 4.47 Å². The molecule has 2 aromatic rings. The highest BCUT2D eigenvalue weighted by Gasteiger charge is 2.41. The Hall–Kier alpha value is -2.39. The first kappa shape index (κ1) is 13.6. The molecule has 1 aromatic carbocycles. The smallest absolute Gasteiger partial charge is 0.269 e. The summed E-state index contributed by atoms with van der Waals surface area (Å²) < 4.78 is 0.188. The number of benzene rings is 1. The van der Waals surface area contributed by atoms with E-state index in [1.807, 2.05) is 0 Å². The van der Waals surface area contributed by atoms with Gasteiger partial charge in [-0.25, -0.2) is 0 Å². The zero-order valence-electron chi connectivity index (χ0n) is 10.1. The summed E-state index contributed by atoms with van der Waals surface area (Å²) in [4.78, 5) is 35.6. The van der Waals surface area contributed by atoms with Crippen LogP contribution < -0.4 is 0 Å². The Morgan fingerprint density at radius 1 is 1.29 bits per heavy atom. The number of amides is 2. The van der Waals surface area contributed by atoms with Crippen LogP contribution in [0.1, 0.15) is 25.7 Å². The molecule has 0 radical (unpaired) electrons. The van der Waals surface area contributed by atoms with E-state index in [0.717, 1.165) is 16.2 Å². The Morgan fingerprint density at radius 2 is 2.05 bits per heavy atom. The molecule has 8 nitrogen and oxygen atoms in total. The molecule has 2 heterocycles. The third kappa shape index (κ3) is 2.16. The van der Waals surface area contributed by atoms with Gasteiger partial charge in [0.05, 0.1) is 17.0 Å². The van der Waals surface area contributed by atoms with Gasteiger partial charge >= 0.3 is 0 Å². The first-order valence-corrected chi connectivity index (χ1v) is 6.80. The van der Waals surface area contributed by atoms with Crippen molar-refractivity contribution < 1.29 is 14.5 Å². The van der Waals surface area contributed by atoms with Crippen LogP contribution in [-0.2, 0) is 6.54 Å². The number of fused-ring (bicyclic) bond motifs is 1. The van der Waals surface area contributed by atoms with Gasteiger partial charge in [-0.05, 0) is 17.7 Å². The molecule has 0 saturated heterocycles. The van der Waals surface area contributed by atoms with Crippen molar-refractivity contribution >= 4 is 40.4 Å². The Morgan fingerprint density at radius 3 is 2.67 bits per heavy atom. The van der Waals surface area contributed by atoms with Crippen LogP contribution in [0.4, 0.5) is 5.69 Å². The third-order valence-electron chi connectivity index (χ3n) is 2.91. The lowest BCUT2D eigenvalue weighted by atomic mass is 10.1. The van der Waals surface area contributed by atoms with Gasteiger partial charge in [-0.15, -0.1) is 10.2 Å². The van der Waals surface area contributed by atoms with Crippen LogP contribution in [0.15, 0.2) is 18.2 Å². The van der Waals surface area contributed by atoms with Gasteiger partial charge < -0.3 is 0 Å². The lowest BCUT2D eigenvalue weighted by Gasteiger charge is -2.10. The van der Waals surface area contributed by atoms with E-state index in [0.29, 0.717) is 5.01 Å². The lowest BCUT2D eigenvalue weighted by molar-refractivity contribution is -0.385. The summed E-state index contributed by atoms with van der Waals surface area (Å²) in [5.41, 5.74) is -0.559. The molecule has 106 valence electrons. The van der Waals surface area contributed by atoms with Gasteiger partial charge in [-0.1, -0.05) is 17.4 Å². The van der Waals surface area contributed by atoms with Gasteiger partial charge in [-0.2, -0.15) is 0 Å². The minimum Gasteiger partial charge on any atom is -0.269 e. The third-order valence-corrected chi connectivity index (χ3v) is 3.91. The fourth-order valence-corrected chi connectivity index (χ4v) is 2.90. The van der Waals surface area contributed by atoms with Crippen molar-refractivity contribution in [2.75, 3.05) is 0 Å². The zero-order chi connectivity index (χ0) is 15.1. The summed E-state index contributed by atoms with van der Waals surface area (Å²) >= 11 is 6.67. The number of hydrogen-bond acceptors (Lipinski definition) is 7. The standard InChI is InChI=1S/C11H5ClN4O4S/c12-11-14-13-7(21-11)4-15-9(17)5-2-1-3-6(16(19)20)8(5)10(15)18/h1-3H,4H2. The quantitative estimate of drug-likeness (QED) is 0.485. The zero-order valence-corrected chi connectivity index (χ0v) is 11.7. The van der Waals surface area contributed by atoms with Crippen LogP contribution in [-0.4, -0.2) is 31.8 Å². The number of aromatic nitrogens is 2. The van der Waals surface area contributed by atoms with Crippen LogP contribution in [0.25, 0.3) is 0 Å². The molecule has 2 amide bonds. The second-order valence-corrected chi connectivity index (χ2v) is 5.75. The average Bonchev–Trinajstić information content (AvgIpc) is 2.96. The number of hydrogen-bond donors (Lipinski definition) is 0. The number of halogens is 1. The Bertz CT molecular complexity index is 790. The van der Waals surface area contributed by atoms with Crippen molar-refractivity contribution in [2.24, 2.45) is 0 Å². The molecule has 0 aliphatic carbocycles. The topological polar surface area (TPSA) is 106 Å². The van der Waals surface area contributed by atoms with E-state index in [2.05, 4.69) is 10.2 Å². The number of carbonyl (C=O) groups is 2. The Balaban J connectivity index is 2.01. The minimum atomic E-state index is -0.714. The number of nitro groups is 1. The van der Waals surface area contributed by atoms with E-state index in [4.69, 9.17) is 11.6 Å². The summed E-state index contributed by atoms with van der Waals surface area (Å²) in [6, 6.07) is 3.94. The Kier molecular flexibility index (Phi) is 3.15. The van der Waals surface area contributed by atoms with Gasteiger partial charge in [0.1, 0.15) is 10.6 Å². The maximum Gasteiger partial charge on any atom is 0.282 e. The second-order valence-electron chi connectivity index (χ2n) is 4.10. The highest BCUT2D eigenvalue weighted by atomic mass is 35.5. The van der Waals surface area contributed by atoms with Crippen molar-refractivity contribution in [3.63, 3.8) is 0 Å². The van der Waals surface area contributed by atoms with E-state index in [1.165, 1.54) is 18.2 Å². The van der Waals surface area contributed by atoms with Crippen molar-refractivity contribution in [3.05, 3.63) is 48.9 Å². The van der Waals surface area contributed by atoms with Gasteiger partial charge in [0.25, 0.3) is 17.5 Å². The predicted molar refractivity (Wildman–Crippen MR) is 72.2 cm³/mol. The maximum atomic E-state index is 12.3. The number of rotatable bonds is 3. The van der Waals surface area contributed by atoms with Crippen molar-refractivity contribution in [2.45, 2.75) is 6.54 Å². The van der Waals surface area contributed by atoms with E-state index < -0.39 is 16.7 Å². The predicted octanol–water partition coefficient (Wildman–Crippen LogP) is 1.90. The number of nitrogens with zero attached hydrogens (tertiary/aromatic N) is 4.